The molecule has 0 saturated heterocycles. The molecule has 2 aromatic heterocycles. The molecule has 3 aromatic rings. The van der Waals surface area contributed by atoms with Crippen LogP contribution in [0.3, 0.4) is 0 Å². The van der Waals surface area contributed by atoms with Crippen molar-refractivity contribution in [2.45, 2.75) is 6.42 Å². The van der Waals surface area contributed by atoms with Gasteiger partial charge in [-0.15, -0.1) is 0 Å². The van der Waals surface area contributed by atoms with Crippen molar-refractivity contribution in [1.82, 2.24) is 20.2 Å². The maximum Gasteiger partial charge on any atom is 0.276 e. The maximum atomic E-state index is 12.2. The van der Waals surface area contributed by atoms with Gasteiger partial charge in [0.1, 0.15) is 16.9 Å². The molecule has 0 aliphatic carbocycles. The molecule has 0 aliphatic rings. The summed E-state index contributed by atoms with van der Waals surface area (Å²) in [6.07, 6.45) is 1.36. The van der Waals surface area contributed by atoms with Crippen molar-refractivity contribution < 1.29 is 4.79 Å². The van der Waals surface area contributed by atoms with Crippen LogP contribution in [-0.4, -0.2) is 25.9 Å². The molecule has 106 valence electrons. The number of carbonyl (C=O) groups excluding carboxylic acids is 1. The lowest BCUT2D eigenvalue weighted by atomic mass is 10.1. The second-order valence-corrected chi connectivity index (χ2v) is 5.27. The van der Waals surface area contributed by atoms with E-state index in [1.165, 1.54) is 24.4 Å². The Labute approximate surface area is 128 Å². The number of ketones is 1. The van der Waals surface area contributed by atoms with Crippen LogP contribution in [0.4, 0.5) is 0 Å². The minimum Gasteiger partial charge on any atom is -0.308 e. The van der Waals surface area contributed by atoms with Crippen LogP contribution in [0.5, 0.6) is 0 Å². The monoisotopic (exact) mass is 322 g/mol. The van der Waals surface area contributed by atoms with Gasteiger partial charge in [0.15, 0.2) is 5.78 Å². The third-order valence-electron chi connectivity index (χ3n) is 2.87. The van der Waals surface area contributed by atoms with E-state index in [0.29, 0.717) is 21.1 Å². The van der Waals surface area contributed by atoms with Crippen LogP contribution in [-0.2, 0) is 6.42 Å². The van der Waals surface area contributed by atoms with E-state index < -0.39 is 0 Å². The van der Waals surface area contributed by atoms with Gasteiger partial charge in [-0.05, 0) is 18.2 Å². The number of aromatic amines is 2. The molecule has 3 rings (SSSR count). The average Bonchev–Trinajstić information content (AvgIpc) is 2.86. The van der Waals surface area contributed by atoms with Crippen molar-refractivity contribution in [3.8, 4) is 0 Å². The molecule has 0 saturated carbocycles. The summed E-state index contributed by atoms with van der Waals surface area (Å²) in [5.74, 6) is 0.0143. The van der Waals surface area contributed by atoms with Gasteiger partial charge in [-0.3, -0.25) is 14.7 Å². The Morgan fingerprint density at radius 2 is 1.90 bits per heavy atom. The summed E-state index contributed by atoms with van der Waals surface area (Å²) in [5.41, 5.74) is 0.676. The largest absolute Gasteiger partial charge is 0.308 e. The molecule has 0 atom stereocenters. The third kappa shape index (κ3) is 2.81. The van der Waals surface area contributed by atoms with Crippen LogP contribution in [0.2, 0.25) is 10.0 Å². The highest BCUT2D eigenvalue weighted by Gasteiger charge is 2.12. The number of nitrogens with zero attached hydrogens (tertiary/aromatic N) is 2. The van der Waals surface area contributed by atoms with Gasteiger partial charge in [-0.25, -0.2) is 4.98 Å². The van der Waals surface area contributed by atoms with Crippen LogP contribution in [0, 0.1) is 0 Å². The fourth-order valence-corrected chi connectivity index (χ4v) is 2.48. The number of aromatic nitrogens is 4. The van der Waals surface area contributed by atoms with E-state index in [2.05, 4.69) is 20.2 Å². The van der Waals surface area contributed by atoms with E-state index in [1.807, 2.05) is 0 Å². The fourth-order valence-electron chi connectivity index (χ4n) is 1.95. The summed E-state index contributed by atoms with van der Waals surface area (Å²) in [7, 11) is 0. The Kier molecular flexibility index (Phi) is 3.48. The van der Waals surface area contributed by atoms with Crippen LogP contribution in [0.1, 0.15) is 16.2 Å². The molecular formula is C13H8Cl2N4O2. The first kappa shape index (κ1) is 13.8. The van der Waals surface area contributed by atoms with Gasteiger partial charge < -0.3 is 4.98 Å². The third-order valence-corrected chi connectivity index (χ3v) is 3.31. The SMILES string of the molecule is O=C(Cc1nc2cn[nH]c2c(=O)[nH]1)c1cc(Cl)cc(Cl)c1. The molecule has 0 unspecified atom stereocenters. The minimum absolute atomic E-state index is 0.0625. The molecule has 0 bridgehead atoms. The topological polar surface area (TPSA) is 91.5 Å². The summed E-state index contributed by atoms with van der Waals surface area (Å²) < 4.78 is 0. The number of halogens is 2. The quantitative estimate of drug-likeness (QED) is 0.724. The van der Waals surface area contributed by atoms with Crippen LogP contribution >= 0.6 is 23.2 Å². The molecule has 0 fully saturated rings. The Morgan fingerprint density at radius 1 is 1.19 bits per heavy atom. The smallest absolute Gasteiger partial charge is 0.276 e. The van der Waals surface area contributed by atoms with E-state index in [1.54, 1.807) is 0 Å². The van der Waals surface area contributed by atoms with Crippen LogP contribution in [0.25, 0.3) is 11.0 Å². The van der Waals surface area contributed by atoms with Crippen molar-refractivity contribution in [1.29, 1.82) is 0 Å². The molecule has 0 amide bonds. The molecule has 0 aliphatic heterocycles. The first-order valence-electron chi connectivity index (χ1n) is 5.94. The van der Waals surface area contributed by atoms with Crippen molar-refractivity contribution in [3.05, 3.63) is 56.2 Å². The van der Waals surface area contributed by atoms with E-state index >= 15 is 0 Å². The number of nitrogens with one attached hydrogen (secondary N) is 2. The first-order valence-corrected chi connectivity index (χ1v) is 6.70. The predicted octanol–water partition coefficient (Wildman–Crippen LogP) is 2.38. The lowest BCUT2D eigenvalue weighted by molar-refractivity contribution is 0.0991. The summed E-state index contributed by atoms with van der Waals surface area (Å²) in [4.78, 5) is 30.7. The van der Waals surface area contributed by atoms with Gasteiger partial charge >= 0.3 is 0 Å². The number of hydrogen-bond donors (Lipinski definition) is 2. The molecular weight excluding hydrogens is 315 g/mol. The van der Waals surface area contributed by atoms with Gasteiger partial charge in [0, 0.05) is 15.6 Å². The molecule has 21 heavy (non-hydrogen) atoms. The van der Waals surface area contributed by atoms with E-state index in [-0.39, 0.29) is 29.1 Å². The van der Waals surface area contributed by atoms with Crippen molar-refractivity contribution in [2.75, 3.05) is 0 Å². The maximum absolute atomic E-state index is 12.2. The van der Waals surface area contributed by atoms with Gasteiger partial charge in [0.05, 0.1) is 12.6 Å². The molecule has 2 heterocycles. The number of H-pyrrole nitrogens is 2. The number of carbonyl (C=O) groups is 1. The summed E-state index contributed by atoms with van der Waals surface area (Å²) >= 11 is 11.7. The molecule has 2 N–H and O–H groups in total. The summed E-state index contributed by atoms with van der Waals surface area (Å²) in [6.45, 7) is 0. The second kappa shape index (κ2) is 5.31. The van der Waals surface area contributed by atoms with Gasteiger partial charge in [-0.1, -0.05) is 23.2 Å². The lowest BCUT2D eigenvalue weighted by Crippen LogP contribution is -2.15. The highest BCUT2D eigenvalue weighted by atomic mass is 35.5. The zero-order valence-corrected chi connectivity index (χ0v) is 12.0. The Bertz CT molecular complexity index is 880. The van der Waals surface area contributed by atoms with Gasteiger partial charge in [-0.2, -0.15) is 5.10 Å². The summed E-state index contributed by atoms with van der Waals surface area (Å²) in [5, 5.41) is 7.02. The first-order chi connectivity index (χ1) is 10.0. The average molecular weight is 323 g/mol. The van der Waals surface area contributed by atoms with E-state index in [9.17, 15) is 9.59 Å². The zero-order chi connectivity index (χ0) is 15.0. The molecule has 0 spiro atoms. The lowest BCUT2D eigenvalue weighted by Gasteiger charge is -2.03. The molecule has 1 aromatic carbocycles. The van der Waals surface area contributed by atoms with Crippen LogP contribution in [0.15, 0.2) is 29.2 Å². The van der Waals surface area contributed by atoms with Gasteiger partial charge in [0.2, 0.25) is 0 Å². The Hall–Kier alpha value is -2.18. The highest BCUT2D eigenvalue weighted by Crippen LogP contribution is 2.20. The van der Waals surface area contributed by atoms with Crippen molar-refractivity contribution in [2.24, 2.45) is 0 Å². The highest BCUT2D eigenvalue weighted by molar-refractivity contribution is 6.35. The zero-order valence-electron chi connectivity index (χ0n) is 10.5. The van der Waals surface area contributed by atoms with E-state index in [0.717, 1.165) is 0 Å². The minimum atomic E-state index is -0.371. The number of benzene rings is 1. The molecule has 0 radical (unpaired) electrons. The number of Topliss-reactive ketones (excluding diaryl/α,β-unsaturated/α-hetero) is 1. The number of rotatable bonds is 3. The number of fused-ring (bicyclic) bond motifs is 1. The fraction of sp³-hybridized carbons (Fsp3) is 0.0769. The molecule has 8 heteroatoms. The molecule has 6 nitrogen and oxygen atoms in total. The standard InChI is InChI=1S/C13H8Cl2N4O2/c14-7-1-6(2-8(15)3-7)10(20)4-11-17-9-5-16-19-12(9)13(21)18-11/h1-3,5H,4H2,(H,16,19)(H,17,18,21). The normalized spacial score (nSPS) is 11.0. The predicted molar refractivity (Wildman–Crippen MR) is 79.0 cm³/mol. The van der Waals surface area contributed by atoms with Crippen molar-refractivity contribution >= 4 is 40.0 Å². The van der Waals surface area contributed by atoms with Crippen molar-refractivity contribution in [3.63, 3.8) is 0 Å². The number of hydrogen-bond acceptors (Lipinski definition) is 4. The Morgan fingerprint density at radius 3 is 2.62 bits per heavy atom. The Balaban J connectivity index is 1.94. The second-order valence-electron chi connectivity index (χ2n) is 4.40. The van der Waals surface area contributed by atoms with Gasteiger partial charge in [0.25, 0.3) is 5.56 Å². The van der Waals surface area contributed by atoms with E-state index in [4.69, 9.17) is 23.2 Å². The van der Waals surface area contributed by atoms with Crippen LogP contribution < -0.4 is 5.56 Å². The summed E-state index contributed by atoms with van der Waals surface area (Å²) in [6, 6.07) is 4.58.